The molecule has 0 spiro atoms. The lowest BCUT2D eigenvalue weighted by Crippen LogP contribution is -2.04. The Bertz CT molecular complexity index is 480. The summed E-state index contributed by atoms with van der Waals surface area (Å²) in [7, 11) is 1.93. The summed E-state index contributed by atoms with van der Waals surface area (Å²) in [6, 6.07) is 13.7. The van der Waals surface area contributed by atoms with Crippen LogP contribution in [-0.4, -0.2) is 12.0 Å². The lowest BCUT2D eigenvalue weighted by Gasteiger charge is -2.06. The van der Waals surface area contributed by atoms with Crippen LogP contribution in [-0.2, 0) is 6.54 Å². The first kappa shape index (κ1) is 11.6. The highest BCUT2D eigenvalue weighted by molar-refractivity contribution is 5.30. The van der Waals surface area contributed by atoms with Crippen molar-refractivity contribution in [1.82, 2.24) is 10.3 Å². The van der Waals surface area contributed by atoms with Gasteiger partial charge in [0.05, 0.1) is 0 Å². The molecule has 2 aromatic rings. The summed E-state index contributed by atoms with van der Waals surface area (Å²) in [6.07, 6.45) is 0. The maximum absolute atomic E-state index is 5.66. The van der Waals surface area contributed by atoms with Crippen molar-refractivity contribution in [3.05, 3.63) is 53.7 Å². The average molecular weight is 228 g/mol. The maximum atomic E-state index is 5.66. The van der Waals surface area contributed by atoms with E-state index in [-0.39, 0.29) is 0 Å². The summed E-state index contributed by atoms with van der Waals surface area (Å²) in [4.78, 5) is 4.29. The van der Waals surface area contributed by atoms with Crippen LogP contribution in [0.5, 0.6) is 11.6 Å². The number of benzene rings is 1. The molecule has 0 aliphatic heterocycles. The van der Waals surface area contributed by atoms with Crippen molar-refractivity contribution in [1.29, 1.82) is 0 Å². The Labute approximate surface area is 101 Å². The zero-order valence-corrected chi connectivity index (χ0v) is 10.1. The van der Waals surface area contributed by atoms with E-state index in [1.807, 2.05) is 56.4 Å². The summed E-state index contributed by atoms with van der Waals surface area (Å²) >= 11 is 0. The second-order valence-electron chi connectivity index (χ2n) is 3.89. The van der Waals surface area contributed by atoms with E-state index in [2.05, 4.69) is 10.3 Å². The van der Waals surface area contributed by atoms with E-state index in [9.17, 15) is 0 Å². The molecule has 1 aromatic carbocycles. The summed E-state index contributed by atoms with van der Waals surface area (Å²) in [6.45, 7) is 2.81. The fraction of sp³-hybridized carbons (Fsp3) is 0.214. The first-order valence-corrected chi connectivity index (χ1v) is 5.63. The first-order chi connectivity index (χ1) is 8.28. The monoisotopic (exact) mass is 228 g/mol. The molecule has 0 saturated carbocycles. The zero-order valence-electron chi connectivity index (χ0n) is 10.1. The van der Waals surface area contributed by atoms with Gasteiger partial charge in [0, 0.05) is 18.3 Å². The second-order valence-corrected chi connectivity index (χ2v) is 3.89. The third-order valence-electron chi connectivity index (χ3n) is 2.39. The molecule has 1 N–H and O–H groups in total. The smallest absolute Gasteiger partial charge is 0.219 e. The van der Waals surface area contributed by atoms with Gasteiger partial charge in [0.15, 0.2) is 0 Å². The number of aryl methyl sites for hydroxylation is 1. The third kappa shape index (κ3) is 3.29. The molecule has 0 aliphatic carbocycles. The molecule has 0 fully saturated rings. The Kier molecular flexibility index (Phi) is 3.73. The molecule has 0 saturated heterocycles. The molecule has 88 valence electrons. The number of aromatic nitrogens is 1. The molecule has 17 heavy (non-hydrogen) atoms. The number of ether oxygens (including phenoxy) is 1. The van der Waals surface area contributed by atoms with Gasteiger partial charge in [-0.25, -0.2) is 4.98 Å². The van der Waals surface area contributed by atoms with Crippen LogP contribution in [0, 0.1) is 6.92 Å². The number of hydrogen-bond acceptors (Lipinski definition) is 3. The number of nitrogens with zero attached hydrogens (tertiary/aromatic N) is 1. The minimum absolute atomic E-state index is 0.631. The van der Waals surface area contributed by atoms with E-state index in [1.165, 1.54) is 5.56 Å². The molecule has 1 aromatic heterocycles. The second kappa shape index (κ2) is 5.46. The van der Waals surface area contributed by atoms with Crippen LogP contribution in [0.15, 0.2) is 42.5 Å². The highest BCUT2D eigenvalue weighted by atomic mass is 16.5. The van der Waals surface area contributed by atoms with Gasteiger partial charge in [0.25, 0.3) is 0 Å². The molecular weight excluding hydrogens is 212 g/mol. The predicted molar refractivity (Wildman–Crippen MR) is 68.3 cm³/mol. The Balaban J connectivity index is 2.08. The molecule has 0 unspecified atom stereocenters. The van der Waals surface area contributed by atoms with Gasteiger partial charge in [-0.2, -0.15) is 0 Å². The van der Waals surface area contributed by atoms with Crippen molar-refractivity contribution in [3.63, 3.8) is 0 Å². The van der Waals surface area contributed by atoms with Gasteiger partial charge < -0.3 is 10.1 Å². The van der Waals surface area contributed by atoms with Crippen LogP contribution < -0.4 is 10.1 Å². The van der Waals surface area contributed by atoms with Crippen molar-refractivity contribution in [2.24, 2.45) is 0 Å². The van der Waals surface area contributed by atoms with Gasteiger partial charge in [-0.05, 0) is 37.7 Å². The SMILES string of the molecule is CNCc1ccc(Oc2cccc(C)n2)cc1. The van der Waals surface area contributed by atoms with E-state index in [1.54, 1.807) is 0 Å². The van der Waals surface area contributed by atoms with Crippen molar-refractivity contribution in [3.8, 4) is 11.6 Å². The predicted octanol–water partition coefficient (Wildman–Crippen LogP) is 2.90. The molecule has 1 heterocycles. The van der Waals surface area contributed by atoms with Crippen molar-refractivity contribution >= 4 is 0 Å². The molecule has 0 atom stereocenters. The number of nitrogens with one attached hydrogen (secondary N) is 1. The Morgan fingerprint density at radius 1 is 1.12 bits per heavy atom. The topological polar surface area (TPSA) is 34.1 Å². The normalized spacial score (nSPS) is 10.2. The molecule has 3 nitrogen and oxygen atoms in total. The molecule has 3 heteroatoms. The van der Waals surface area contributed by atoms with Crippen LogP contribution in [0.4, 0.5) is 0 Å². The fourth-order valence-corrected chi connectivity index (χ4v) is 1.58. The summed E-state index contributed by atoms with van der Waals surface area (Å²) in [5, 5.41) is 3.11. The van der Waals surface area contributed by atoms with Crippen LogP contribution >= 0.6 is 0 Å². The van der Waals surface area contributed by atoms with Gasteiger partial charge in [-0.15, -0.1) is 0 Å². The van der Waals surface area contributed by atoms with E-state index in [4.69, 9.17) is 4.74 Å². The quantitative estimate of drug-likeness (QED) is 0.873. The summed E-state index contributed by atoms with van der Waals surface area (Å²) in [5.41, 5.74) is 2.19. The van der Waals surface area contributed by atoms with Crippen LogP contribution in [0.25, 0.3) is 0 Å². The molecular formula is C14H16N2O. The van der Waals surface area contributed by atoms with Gasteiger partial charge in [-0.1, -0.05) is 18.2 Å². The molecule has 0 bridgehead atoms. The standard InChI is InChI=1S/C14H16N2O/c1-11-4-3-5-14(16-11)17-13-8-6-12(7-9-13)10-15-2/h3-9,15H,10H2,1-2H3. The largest absolute Gasteiger partial charge is 0.439 e. The Hall–Kier alpha value is -1.87. The molecule has 2 rings (SSSR count). The minimum Gasteiger partial charge on any atom is -0.439 e. The van der Waals surface area contributed by atoms with Crippen molar-refractivity contribution in [2.45, 2.75) is 13.5 Å². The zero-order chi connectivity index (χ0) is 12.1. The first-order valence-electron chi connectivity index (χ1n) is 5.63. The van der Waals surface area contributed by atoms with E-state index < -0.39 is 0 Å². The fourth-order valence-electron chi connectivity index (χ4n) is 1.58. The highest BCUT2D eigenvalue weighted by Crippen LogP contribution is 2.19. The Morgan fingerprint density at radius 2 is 1.88 bits per heavy atom. The van der Waals surface area contributed by atoms with Crippen LogP contribution in [0.1, 0.15) is 11.3 Å². The number of pyridine rings is 1. The highest BCUT2D eigenvalue weighted by Gasteiger charge is 1.99. The van der Waals surface area contributed by atoms with Crippen molar-refractivity contribution < 1.29 is 4.74 Å². The van der Waals surface area contributed by atoms with E-state index in [0.29, 0.717) is 5.88 Å². The lowest BCUT2D eigenvalue weighted by molar-refractivity contribution is 0.461. The van der Waals surface area contributed by atoms with E-state index >= 15 is 0 Å². The minimum atomic E-state index is 0.631. The lowest BCUT2D eigenvalue weighted by atomic mass is 10.2. The van der Waals surface area contributed by atoms with E-state index in [0.717, 1.165) is 18.0 Å². The van der Waals surface area contributed by atoms with Gasteiger partial charge in [-0.3, -0.25) is 0 Å². The van der Waals surface area contributed by atoms with Gasteiger partial charge >= 0.3 is 0 Å². The number of rotatable bonds is 4. The summed E-state index contributed by atoms with van der Waals surface area (Å²) < 4.78 is 5.66. The average Bonchev–Trinajstić information content (AvgIpc) is 2.32. The van der Waals surface area contributed by atoms with Gasteiger partial charge in [0.1, 0.15) is 5.75 Å². The van der Waals surface area contributed by atoms with Crippen molar-refractivity contribution in [2.75, 3.05) is 7.05 Å². The third-order valence-corrected chi connectivity index (χ3v) is 2.39. The molecule has 0 aliphatic rings. The van der Waals surface area contributed by atoms with Crippen LogP contribution in [0.2, 0.25) is 0 Å². The molecule has 0 radical (unpaired) electrons. The van der Waals surface area contributed by atoms with Gasteiger partial charge in [0.2, 0.25) is 5.88 Å². The number of hydrogen-bond donors (Lipinski definition) is 1. The summed E-state index contributed by atoms with van der Waals surface area (Å²) in [5.74, 6) is 1.44. The van der Waals surface area contributed by atoms with Crippen LogP contribution in [0.3, 0.4) is 0 Å². The maximum Gasteiger partial charge on any atom is 0.219 e. The Morgan fingerprint density at radius 3 is 2.53 bits per heavy atom. The molecule has 0 amide bonds.